The van der Waals surface area contributed by atoms with E-state index in [-0.39, 0.29) is 34.8 Å². The summed E-state index contributed by atoms with van der Waals surface area (Å²) in [6, 6.07) is 15.0. The van der Waals surface area contributed by atoms with E-state index < -0.39 is 17.5 Å². The number of anilines is 1. The first-order valence-electron chi connectivity index (χ1n) is 13.3. The Morgan fingerprint density at radius 2 is 1.74 bits per heavy atom. The van der Waals surface area contributed by atoms with E-state index in [1.165, 1.54) is 0 Å². The van der Waals surface area contributed by atoms with Gasteiger partial charge in [0, 0.05) is 37.3 Å². The molecule has 6 nitrogen and oxygen atoms in total. The highest BCUT2D eigenvalue weighted by molar-refractivity contribution is 5.93. The van der Waals surface area contributed by atoms with E-state index >= 15 is 0 Å². The number of fused-ring (bicyclic) bond motifs is 1. The molecule has 0 spiro atoms. The van der Waals surface area contributed by atoms with Crippen molar-refractivity contribution < 1.29 is 18.0 Å². The van der Waals surface area contributed by atoms with Gasteiger partial charge in [0.05, 0.1) is 11.7 Å². The number of benzene rings is 2. The van der Waals surface area contributed by atoms with Crippen LogP contribution in [-0.4, -0.2) is 45.0 Å². The van der Waals surface area contributed by atoms with Gasteiger partial charge in [0.15, 0.2) is 28.8 Å². The van der Waals surface area contributed by atoms with Gasteiger partial charge in [-0.1, -0.05) is 51.1 Å². The van der Waals surface area contributed by atoms with Crippen LogP contribution >= 0.6 is 0 Å². The van der Waals surface area contributed by atoms with Gasteiger partial charge in [-0.3, -0.25) is 4.79 Å². The molecule has 204 valence electrons. The fraction of sp³-hybridized carbons (Fsp3) is 0.367. The summed E-state index contributed by atoms with van der Waals surface area (Å²) in [4.78, 5) is 21.9. The van der Waals surface area contributed by atoms with E-state index in [4.69, 9.17) is 0 Å². The maximum absolute atomic E-state index is 14.2. The normalized spacial score (nSPS) is 16.3. The molecule has 1 fully saturated rings. The number of nitrogens with zero attached hydrogens (tertiary/aromatic N) is 5. The highest BCUT2D eigenvalue weighted by Crippen LogP contribution is 2.33. The minimum Gasteiger partial charge on any atom is -0.349 e. The smallest absolute Gasteiger partial charge is 0.274 e. The molecule has 0 N–H and O–H groups in total. The maximum atomic E-state index is 14.2. The maximum Gasteiger partial charge on any atom is 0.274 e. The van der Waals surface area contributed by atoms with Crippen LogP contribution in [0.2, 0.25) is 0 Å². The third-order valence-corrected chi connectivity index (χ3v) is 7.22. The van der Waals surface area contributed by atoms with Gasteiger partial charge in [-0.05, 0) is 42.9 Å². The molecule has 0 aliphatic carbocycles. The fourth-order valence-electron chi connectivity index (χ4n) is 5.16. The van der Waals surface area contributed by atoms with E-state index in [2.05, 4.69) is 42.7 Å². The van der Waals surface area contributed by atoms with Gasteiger partial charge in [-0.25, -0.2) is 18.2 Å². The van der Waals surface area contributed by atoms with Crippen molar-refractivity contribution in [3.05, 3.63) is 83.3 Å². The topological polar surface area (TPSA) is 53.7 Å². The molecule has 39 heavy (non-hydrogen) atoms. The molecular weight excluding hydrogens is 503 g/mol. The molecule has 1 saturated heterocycles. The monoisotopic (exact) mass is 535 g/mol. The lowest BCUT2D eigenvalue weighted by Gasteiger charge is -2.33. The summed E-state index contributed by atoms with van der Waals surface area (Å²) < 4.78 is 43.8. The fourth-order valence-corrected chi connectivity index (χ4v) is 5.16. The lowest BCUT2D eigenvalue weighted by molar-refractivity contribution is 0.0782. The Morgan fingerprint density at radius 1 is 1.05 bits per heavy atom. The summed E-state index contributed by atoms with van der Waals surface area (Å²) in [5, 5.41) is 4.68. The van der Waals surface area contributed by atoms with E-state index in [1.807, 2.05) is 30.3 Å². The van der Waals surface area contributed by atoms with Crippen molar-refractivity contribution >= 4 is 17.4 Å². The molecule has 2 aromatic carbocycles. The molecule has 9 heteroatoms. The predicted octanol–water partition coefficient (Wildman–Crippen LogP) is 6.52. The van der Waals surface area contributed by atoms with Crippen molar-refractivity contribution in [3.63, 3.8) is 0 Å². The van der Waals surface area contributed by atoms with Crippen molar-refractivity contribution in [2.24, 2.45) is 11.8 Å². The molecule has 4 aromatic rings. The molecule has 2 atom stereocenters. The van der Waals surface area contributed by atoms with Gasteiger partial charge < -0.3 is 9.80 Å². The largest absolute Gasteiger partial charge is 0.349 e. The zero-order valence-corrected chi connectivity index (χ0v) is 22.5. The van der Waals surface area contributed by atoms with Crippen LogP contribution in [0.1, 0.15) is 56.2 Å². The van der Waals surface area contributed by atoms with Gasteiger partial charge >= 0.3 is 0 Å². The van der Waals surface area contributed by atoms with E-state index in [9.17, 15) is 18.0 Å². The molecule has 0 bridgehead atoms. The molecule has 1 aliphatic rings. The SMILES string of the molecule is CC(C)CN(c1cc(-c2cc(F)c(F)c(F)c2)nc2cc(C(=O)N3CCC(C)C3)nn12)C(C)c1ccccc1. The van der Waals surface area contributed by atoms with Crippen molar-refractivity contribution in [1.29, 1.82) is 0 Å². The van der Waals surface area contributed by atoms with E-state index in [1.54, 1.807) is 21.5 Å². The number of carbonyl (C=O) groups is 1. The molecule has 5 rings (SSSR count). The van der Waals surface area contributed by atoms with Crippen LogP contribution in [0.5, 0.6) is 0 Å². The Bertz CT molecular complexity index is 1480. The number of likely N-dealkylation sites (tertiary alicyclic amines) is 1. The van der Waals surface area contributed by atoms with E-state index in [0.717, 1.165) is 24.1 Å². The summed E-state index contributed by atoms with van der Waals surface area (Å²) in [5.74, 6) is -3.01. The van der Waals surface area contributed by atoms with Gasteiger partial charge in [0.2, 0.25) is 0 Å². The van der Waals surface area contributed by atoms with Gasteiger partial charge in [0.25, 0.3) is 5.91 Å². The first kappa shape index (κ1) is 26.7. The molecule has 1 aliphatic heterocycles. The van der Waals surface area contributed by atoms with Crippen LogP contribution in [0.25, 0.3) is 16.9 Å². The van der Waals surface area contributed by atoms with Crippen LogP contribution in [0.3, 0.4) is 0 Å². The van der Waals surface area contributed by atoms with Crippen LogP contribution in [0.4, 0.5) is 19.0 Å². The number of rotatable bonds is 7. The summed E-state index contributed by atoms with van der Waals surface area (Å²) in [6.07, 6.45) is 0.936. The number of hydrogen-bond donors (Lipinski definition) is 0. The number of amides is 1. The lowest BCUT2D eigenvalue weighted by Crippen LogP contribution is -2.32. The minimum absolute atomic E-state index is 0.0921. The van der Waals surface area contributed by atoms with Crippen LogP contribution in [0.15, 0.2) is 54.6 Å². The Hall–Kier alpha value is -3.88. The van der Waals surface area contributed by atoms with E-state index in [0.29, 0.717) is 37.0 Å². The highest BCUT2D eigenvalue weighted by atomic mass is 19.2. The molecule has 2 aromatic heterocycles. The zero-order valence-electron chi connectivity index (χ0n) is 22.5. The van der Waals surface area contributed by atoms with Crippen molar-refractivity contribution in [2.75, 3.05) is 24.5 Å². The third-order valence-electron chi connectivity index (χ3n) is 7.22. The highest BCUT2D eigenvalue weighted by Gasteiger charge is 2.28. The summed E-state index contributed by atoms with van der Waals surface area (Å²) in [6.45, 7) is 10.3. The van der Waals surface area contributed by atoms with Gasteiger partial charge in [0.1, 0.15) is 5.82 Å². The average Bonchev–Trinajstić information content (AvgIpc) is 3.55. The number of hydrogen-bond acceptors (Lipinski definition) is 4. The summed E-state index contributed by atoms with van der Waals surface area (Å²) >= 11 is 0. The standard InChI is InChI=1S/C30H32F3N5O/c1-18(2)16-37(20(4)21-8-6-5-7-9-21)28-15-25(22-12-23(31)29(33)24(32)13-22)34-27-14-26(35-38(27)28)30(39)36-11-10-19(3)17-36/h5-9,12-15,18-20H,10-11,16-17H2,1-4H3. The number of halogens is 3. The number of aromatic nitrogens is 3. The Morgan fingerprint density at radius 3 is 2.36 bits per heavy atom. The second-order valence-electron chi connectivity index (χ2n) is 10.8. The first-order valence-corrected chi connectivity index (χ1v) is 13.3. The molecule has 0 saturated carbocycles. The molecule has 2 unspecified atom stereocenters. The van der Waals surface area contributed by atoms with Crippen LogP contribution in [-0.2, 0) is 0 Å². The Balaban J connectivity index is 1.69. The molecular formula is C30H32F3N5O. The first-order chi connectivity index (χ1) is 18.6. The Labute approximate surface area is 226 Å². The second kappa shape index (κ2) is 10.7. The minimum atomic E-state index is -1.53. The lowest BCUT2D eigenvalue weighted by atomic mass is 10.0. The molecule has 1 amide bonds. The average molecular weight is 536 g/mol. The zero-order chi connectivity index (χ0) is 27.8. The second-order valence-corrected chi connectivity index (χ2v) is 10.8. The quantitative estimate of drug-likeness (QED) is 0.253. The van der Waals surface area contributed by atoms with Gasteiger partial charge in [-0.2, -0.15) is 9.61 Å². The molecule has 0 radical (unpaired) electrons. The predicted molar refractivity (Wildman–Crippen MR) is 145 cm³/mol. The number of carbonyl (C=O) groups excluding carboxylic acids is 1. The van der Waals surface area contributed by atoms with Gasteiger partial charge in [-0.15, -0.1) is 0 Å². The Kier molecular flexibility index (Phi) is 7.34. The molecule has 3 heterocycles. The summed E-state index contributed by atoms with van der Waals surface area (Å²) in [5.41, 5.74) is 2.02. The van der Waals surface area contributed by atoms with Crippen molar-refractivity contribution in [3.8, 4) is 11.3 Å². The van der Waals surface area contributed by atoms with Crippen molar-refractivity contribution in [1.82, 2.24) is 19.5 Å². The summed E-state index contributed by atoms with van der Waals surface area (Å²) in [7, 11) is 0. The third kappa shape index (κ3) is 5.35. The van der Waals surface area contributed by atoms with Crippen LogP contribution in [0, 0.1) is 29.3 Å². The van der Waals surface area contributed by atoms with Crippen molar-refractivity contribution in [2.45, 2.75) is 40.2 Å². The van der Waals surface area contributed by atoms with Crippen LogP contribution < -0.4 is 4.90 Å².